The second-order valence-electron chi connectivity index (χ2n) is 6.73. The van der Waals surface area contributed by atoms with Crippen LogP contribution in [0.3, 0.4) is 0 Å². The molecule has 0 bridgehead atoms. The zero-order valence-corrected chi connectivity index (χ0v) is 14.0. The summed E-state index contributed by atoms with van der Waals surface area (Å²) in [6.45, 7) is 2.63. The Morgan fingerprint density at radius 3 is 2.96 bits per heavy atom. The van der Waals surface area contributed by atoms with E-state index in [0.29, 0.717) is 37.2 Å². The molecule has 0 saturated carbocycles. The lowest BCUT2D eigenvalue weighted by Crippen LogP contribution is -2.66. The molecular weight excluding hydrogens is 322 g/mol. The summed E-state index contributed by atoms with van der Waals surface area (Å²) >= 11 is 0. The van der Waals surface area contributed by atoms with Crippen LogP contribution < -0.4 is 4.74 Å². The zero-order chi connectivity index (χ0) is 17.1. The summed E-state index contributed by atoms with van der Waals surface area (Å²) in [4.78, 5) is 22.2. The van der Waals surface area contributed by atoms with E-state index in [1.807, 2.05) is 4.90 Å². The van der Waals surface area contributed by atoms with Crippen molar-refractivity contribution < 1.29 is 18.7 Å². The van der Waals surface area contributed by atoms with E-state index in [9.17, 15) is 4.79 Å². The summed E-state index contributed by atoms with van der Waals surface area (Å²) in [5.41, 5.74) is 0.407. The summed E-state index contributed by atoms with van der Waals surface area (Å²) in [7, 11) is 0. The maximum Gasteiger partial charge on any atom is 0.316 e. The van der Waals surface area contributed by atoms with E-state index in [0.717, 1.165) is 25.9 Å². The smallest absolute Gasteiger partial charge is 0.316 e. The third kappa shape index (κ3) is 3.51. The van der Waals surface area contributed by atoms with Crippen molar-refractivity contribution in [3.63, 3.8) is 0 Å². The minimum Gasteiger partial charge on any atom is -0.472 e. The normalized spacial score (nSPS) is 21.8. The number of hydrogen-bond donors (Lipinski definition) is 0. The standard InChI is InChI=1S/C18H21N3O4/c22-16(15-4-7-23-11-15)21-12-18(13-21)10-14(3-9-25-18)2-8-24-17-19-5-1-6-20-17/h1,4-7,11,14H,2-3,8-10,12-13H2/t14-/m0/s1. The van der Waals surface area contributed by atoms with E-state index in [4.69, 9.17) is 13.9 Å². The Hall–Kier alpha value is -2.41. The molecule has 0 N–H and O–H groups in total. The molecule has 2 fully saturated rings. The molecule has 1 atom stereocenters. The van der Waals surface area contributed by atoms with Gasteiger partial charge < -0.3 is 18.8 Å². The Kier molecular flexibility index (Phi) is 4.40. The molecule has 0 unspecified atom stereocenters. The third-order valence-electron chi connectivity index (χ3n) is 4.91. The molecule has 0 aromatic carbocycles. The van der Waals surface area contributed by atoms with Crippen molar-refractivity contribution in [1.82, 2.24) is 14.9 Å². The van der Waals surface area contributed by atoms with Crippen molar-refractivity contribution >= 4 is 5.91 Å². The Morgan fingerprint density at radius 1 is 1.36 bits per heavy atom. The average molecular weight is 343 g/mol. The van der Waals surface area contributed by atoms with Crippen LogP contribution >= 0.6 is 0 Å². The van der Waals surface area contributed by atoms with Gasteiger partial charge in [-0.3, -0.25) is 4.79 Å². The first-order valence-electron chi connectivity index (χ1n) is 8.59. The molecule has 7 heteroatoms. The number of rotatable bonds is 5. The fraction of sp³-hybridized carbons (Fsp3) is 0.500. The van der Waals surface area contributed by atoms with Gasteiger partial charge in [-0.2, -0.15) is 0 Å². The molecule has 4 heterocycles. The number of hydrogen-bond acceptors (Lipinski definition) is 6. The van der Waals surface area contributed by atoms with Crippen LogP contribution in [0, 0.1) is 5.92 Å². The van der Waals surface area contributed by atoms with Crippen molar-refractivity contribution in [3.05, 3.63) is 42.6 Å². The summed E-state index contributed by atoms with van der Waals surface area (Å²) in [6, 6.07) is 3.88. The fourth-order valence-corrected chi connectivity index (χ4v) is 3.63. The molecule has 2 aliphatic heterocycles. The molecule has 0 radical (unpaired) electrons. The van der Waals surface area contributed by atoms with Crippen LogP contribution in [0.5, 0.6) is 6.01 Å². The molecule has 4 rings (SSSR count). The van der Waals surface area contributed by atoms with Crippen LogP contribution in [0.1, 0.15) is 29.6 Å². The second kappa shape index (κ2) is 6.84. The monoisotopic (exact) mass is 343 g/mol. The first kappa shape index (κ1) is 16.1. The maximum absolute atomic E-state index is 12.3. The first-order chi connectivity index (χ1) is 12.2. The average Bonchev–Trinajstić information content (AvgIpc) is 3.15. The van der Waals surface area contributed by atoms with Crippen LogP contribution in [0.4, 0.5) is 0 Å². The molecule has 2 saturated heterocycles. The third-order valence-corrected chi connectivity index (χ3v) is 4.91. The predicted molar refractivity (Wildman–Crippen MR) is 88.2 cm³/mol. The highest BCUT2D eigenvalue weighted by Gasteiger charge is 2.49. The molecule has 132 valence electrons. The van der Waals surface area contributed by atoms with Gasteiger partial charge in [0, 0.05) is 19.0 Å². The molecule has 2 aromatic rings. The largest absolute Gasteiger partial charge is 0.472 e. The summed E-state index contributed by atoms with van der Waals surface area (Å²) in [6.07, 6.45) is 9.28. The molecule has 1 spiro atoms. The van der Waals surface area contributed by atoms with Gasteiger partial charge in [0.15, 0.2) is 0 Å². The number of amides is 1. The van der Waals surface area contributed by atoms with Crippen LogP contribution in [0.15, 0.2) is 41.5 Å². The topological polar surface area (TPSA) is 77.7 Å². The number of likely N-dealkylation sites (tertiary alicyclic amines) is 1. The number of carbonyl (C=O) groups excluding carboxylic acids is 1. The Labute approximate surface area is 146 Å². The summed E-state index contributed by atoms with van der Waals surface area (Å²) < 4.78 is 16.6. The molecule has 2 aliphatic rings. The van der Waals surface area contributed by atoms with Crippen molar-refractivity contribution in [2.45, 2.75) is 24.9 Å². The lowest BCUT2D eigenvalue weighted by atomic mass is 9.79. The molecule has 25 heavy (non-hydrogen) atoms. The summed E-state index contributed by atoms with van der Waals surface area (Å²) in [5, 5.41) is 0. The number of nitrogens with zero attached hydrogens (tertiary/aromatic N) is 3. The number of ether oxygens (including phenoxy) is 2. The zero-order valence-electron chi connectivity index (χ0n) is 14.0. The fourth-order valence-electron chi connectivity index (χ4n) is 3.63. The van der Waals surface area contributed by atoms with Gasteiger partial charge >= 0.3 is 6.01 Å². The van der Waals surface area contributed by atoms with Crippen LogP contribution in [0.2, 0.25) is 0 Å². The van der Waals surface area contributed by atoms with E-state index < -0.39 is 0 Å². The van der Waals surface area contributed by atoms with E-state index in [1.54, 1.807) is 24.5 Å². The highest BCUT2D eigenvalue weighted by atomic mass is 16.5. The number of aromatic nitrogens is 2. The van der Waals surface area contributed by atoms with Crippen molar-refractivity contribution in [1.29, 1.82) is 0 Å². The van der Waals surface area contributed by atoms with Gasteiger partial charge in [-0.25, -0.2) is 9.97 Å². The van der Waals surface area contributed by atoms with Crippen molar-refractivity contribution in [2.75, 3.05) is 26.3 Å². The van der Waals surface area contributed by atoms with Crippen molar-refractivity contribution in [2.24, 2.45) is 5.92 Å². The number of carbonyl (C=O) groups is 1. The van der Waals surface area contributed by atoms with Gasteiger partial charge in [-0.05, 0) is 37.3 Å². The van der Waals surface area contributed by atoms with Crippen LogP contribution in [-0.4, -0.2) is 52.7 Å². The first-order valence-corrected chi connectivity index (χ1v) is 8.59. The molecule has 1 amide bonds. The molecule has 2 aromatic heterocycles. The molecule has 0 aliphatic carbocycles. The quantitative estimate of drug-likeness (QED) is 0.828. The second-order valence-corrected chi connectivity index (χ2v) is 6.73. The van der Waals surface area contributed by atoms with E-state index in [1.165, 1.54) is 12.5 Å². The van der Waals surface area contributed by atoms with Gasteiger partial charge in [0.1, 0.15) is 11.9 Å². The van der Waals surface area contributed by atoms with Gasteiger partial charge in [-0.1, -0.05) is 0 Å². The Balaban J connectivity index is 1.25. The van der Waals surface area contributed by atoms with Gasteiger partial charge in [0.25, 0.3) is 5.91 Å². The Morgan fingerprint density at radius 2 is 2.20 bits per heavy atom. The Bertz CT molecular complexity index is 698. The minimum atomic E-state index is -0.189. The lowest BCUT2D eigenvalue weighted by Gasteiger charge is -2.53. The van der Waals surface area contributed by atoms with Gasteiger partial charge in [-0.15, -0.1) is 0 Å². The van der Waals surface area contributed by atoms with E-state index in [2.05, 4.69) is 9.97 Å². The predicted octanol–water partition coefficient (Wildman–Crippen LogP) is 2.16. The highest BCUT2D eigenvalue weighted by molar-refractivity contribution is 5.94. The van der Waals surface area contributed by atoms with Gasteiger partial charge in [0.2, 0.25) is 0 Å². The van der Waals surface area contributed by atoms with Crippen LogP contribution in [0.25, 0.3) is 0 Å². The van der Waals surface area contributed by atoms with Crippen molar-refractivity contribution in [3.8, 4) is 6.01 Å². The lowest BCUT2D eigenvalue weighted by molar-refractivity contribution is -0.166. The molecule has 7 nitrogen and oxygen atoms in total. The van der Waals surface area contributed by atoms with E-state index >= 15 is 0 Å². The molecular formula is C18H21N3O4. The minimum absolute atomic E-state index is 0.00894. The van der Waals surface area contributed by atoms with E-state index in [-0.39, 0.29) is 11.5 Å². The number of furan rings is 1. The summed E-state index contributed by atoms with van der Waals surface area (Å²) in [5.74, 6) is 0.540. The maximum atomic E-state index is 12.3. The highest BCUT2D eigenvalue weighted by Crippen LogP contribution is 2.38. The van der Waals surface area contributed by atoms with Gasteiger partial charge in [0.05, 0.1) is 31.5 Å². The van der Waals surface area contributed by atoms with Crippen LogP contribution in [-0.2, 0) is 4.74 Å². The SMILES string of the molecule is O=C(c1ccoc1)N1CC2(C[C@@H](CCOc3ncccn3)CCO2)C1.